The van der Waals surface area contributed by atoms with E-state index in [9.17, 15) is 4.79 Å². The molecule has 0 atom stereocenters. The van der Waals surface area contributed by atoms with Crippen molar-refractivity contribution in [2.75, 3.05) is 6.54 Å². The maximum atomic E-state index is 11.8. The molecule has 0 radical (unpaired) electrons. The molecule has 18 heavy (non-hydrogen) atoms. The molecule has 0 aliphatic heterocycles. The zero-order valence-corrected chi connectivity index (χ0v) is 11.7. The van der Waals surface area contributed by atoms with Crippen molar-refractivity contribution < 1.29 is 4.79 Å². The molecule has 0 saturated carbocycles. The van der Waals surface area contributed by atoms with E-state index in [4.69, 9.17) is 5.73 Å². The number of aromatic nitrogens is 3. The average Bonchev–Trinajstić information content (AvgIpc) is 2.87. The molecule has 0 aromatic carbocycles. The van der Waals surface area contributed by atoms with Crippen molar-refractivity contribution in [3.05, 3.63) is 12.4 Å². The molecule has 7 heteroatoms. The van der Waals surface area contributed by atoms with Gasteiger partial charge in [0.05, 0.1) is 18.3 Å². The highest BCUT2D eigenvalue weighted by molar-refractivity contribution is 5.85. The van der Waals surface area contributed by atoms with Gasteiger partial charge < -0.3 is 11.1 Å². The van der Waals surface area contributed by atoms with Crippen LogP contribution in [0.5, 0.6) is 0 Å². The zero-order valence-electron chi connectivity index (χ0n) is 10.9. The number of halogens is 1. The van der Waals surface area contributed by atoms with Crippen LogP contribution >= 0.6 is 12.4 Å². The van der Waals surface area contributed by atoms with Crippen LogP contribution in [0.15, 0.2) is 12.4 Å². The number of nitrogens with two attached hydrogens (primary N) is 1. The van der Waals surface area contributed by atoms with Crippen molar-refractivity contribution in [2.24, 2.45) is 5.73 Å². The summed E-state index contributed by atoms with van der Waals surface area (Å²) in [5, 5.41) is 10.5. The normalized spacial score (nSPS) is 10.8. The number of hydrogen-bond acceptors (Lipinski definition) is 4. The van der Waals surface area contributed by atoms with Gasteiger partial charge in [-0.2, -0.15) is 0 Å². The molecule has 0 bridgehead atoms. The number of aryl methyl sites for hydroxylation is 1. The van der Waals surface area contributed by atoms with Crippen molar-refractivity contribution >= 4 is 18.3 Å². The van der Waals surface area contributed by atoms with Gasteiger partial charge in [-0.05, 0) is 12.8 Å². The van der Waals surface area contributed by atoms with E-state index in [0.717, 1.165) is 12.8 Å². The third-order valence-corrected chi connectivity index (χ3v) is 3.19. The van der Waals surface area contributed by atoms with Gasteiger partial charge in [-0.1, -0.05) is 19.1 Å². The third-order valence-electron chi connectivity index (χ3n) is 3.19. The van der Waals surface area contributed by atoms with Crippen LogP contribution in [0, 0.1) is 0 Å². The van der Waals surface area contributed by atoms with E-state index < -0.39 is 0 Å². The highest BCUT2D eigenvalue weighted by Crippen LogP contribution is 2.13. The van der Waals surface area contributed by atoms with Gasteiger partial charge >= 0.3 is 0 Å². The lowest BCUT2D eigenvalue weighted by molar-refractivity contribution is -0.123. The predicted octanol–water partition coefficient (Wildman–Crippen LogP) is 0.724. The fraction of sp³-hybridized carbons (Fsp3) is 0.727. The lowest BCUT2D eigenvalue weighted by Crippen LogP contribution is -2.53. The fourth-order valence-electron chi connectivity index (χ4n) is 1.69. The Balaban J connectivity index is 0.00000289. The van der Waals surface area contributed by atoms with E-state index in [1.807, 2.05) is 13.8 Å². The van der Waals surface area contributed by atoms with E-state index in [1.54, 1.807) is 17.1 Å². The van der Waals surface area contributed by atoms with Crippen LogP contribution in [-0.4, -0.2) is 33.0 Å². The van der Waals surface area contributed by atoms with Crippen molar-refractivity contribution in [3.63, 3.8) is 0 Å². The maximum absolute atomic E-state index is 11.8. The fourth-order valence-corrected chi connectivity index (χ4v) is 1.69. The van der Waals surface area contributed by atoms with Crippen LogP contribution in [0.4, 0.5) is 0 Å². The number of nitrogens with zero attached hydrogens (tertiary/aromatic N) is 3. The monoisotopic (exact) mass is 275 g/mol. The summed E-state index contributed by atoms with van der Waals surface area (Å²) in [6, 6.07) is 0. The Hall–Kier alpha value is -1.14. The molecule has 3 N–H and O–H groups in total. The number of carbonyl (C=O) groups is 1. The summed E-state index contributed by atoms with van der Waals surface area (Å²) in [7, 11) is 0. The van der Waals surface area contributed by atoms with Crippen molar-refractivity contribution in [2.45, 2.75) is 45.2 Å². The van der Waals surface area contributed by atoms with Gasteiger partial charge in [-0.25, -0.2) is 0 Å². The minimum atomic E-state index is -0.264. The van der Waals surface area contributed by atoms with Gasteiger partial charge in [-0.15, -0.1) is 17.5 Å². The molecule has 0 unspecified atom stereocenters. The first-order valence-electron chi connectivity index (χ1n) is 6.01. The van der Waals surface area contributed by atoms with Crippen LogP contribution in [0.1, 0.15) is 33.1 Å². The highest BCUT2D eigenvalue weighted by atomic mass is 35.5. The molecule has 0 fully saturated rings. The second-order valence-corrected chi connectivity index (χ2v) is 4.16. The van der Waals surface area contributed by atoms with Crippen LogP contribution in [0.25, 0.3) is 0 Å². The number of rotatable bonds is 7. The molecule has 0 spiro atoms. The Morgan fingerprint density at radius 1 is 1.44 bits per heavy atom. The second-order valence-electron chi connectivity index (χ2n) is 4.16. The summed E-state index contributed by atoms with van der Waals surface area (Å²) in [6.45, 7) is 5.08. The Morgan fingerprint density at radius 2 is 2.11 bits per heavy atom. The number of amides is 1. The van der Waals surface area contributed by atoms with Crippen LogP contribution < -0.4 is 11.1 Å². The van der Waals surface area contributed by atoms with Gasteiger partial charge in [0.1, 0.15) is 0 Å². The molecule has 1 rings (SSSR count). The van der Waals surface area contributed by atoms with Gasteiger partial charge in [0.15, 0.2) is 0 Å². The van der Waals surface area contributed by atoms with Crippen LogP contribution in [0.3, 0.4) is 0 Å². The Morgan fingerprint density at radius 3 is 2.56 bits per heavy atom. The summed E-state index contributed by atoms with van der Waals surface area (Å²) >= 11 is 0. The summed E-state index contributed by atoms with van der Waals surface area (Å²) in [5.74, 6) is 0.00894. The second kappa shape index (κ2) is 8.05. The standard InChI is InChI=1S/C11H21N5O.ClH/c1-3-11(4-2,9-12)14-10(17)5-7-16-8-6-13-15-16;/h6,8H,3-5,7,9,12H2,1-2H3,(H,14,17);1H. The summed E-state index contributed by atoms with van der Waals surface area (Å²) in [6.07, 6.45) is 5.42. The van der Waals surface area contributed by atoms with Crippen LogP contribution in [0.2, 0.25) is 0 Å². The van der Waals surface area contributed by atoms with Crippen LogP contribution in [-0.2, 0) is 11.3 Å². The minimum absolute atomic E-state index is 0. The Bertz CT molecular complexity index is 329. The van der Waals surface area contributed by atoms with Crippen molar-refractivity contribution in [3.8, 4) is 0 Å². The molecule has 104 valence electrons. The molecule has 1 amide bonds. The third kappa shape index (κ3) is 4.62. The van der Waals surface area contributed by atoms with E-state index in [1.165, 1.54) is 0 Å². The van der Waals surface area contributed by atoms with E-state index >= 15 is 0 Å². The summed E-state index contributed by atoms with van der Waals surface area (Å²) < 4.78 is 1.64. The Labute approximate surface area is 114 Å². The molecule has 1 heterocycles. The summed E-state index contributed by atoms with van der Waals surface area (Å²) in [4.78, 5) is 11.8. The van der Waals surface area contributed by atoms with E-state index in [2.05, 4.69) is 15.6 Å². The number of nitrogens with one attached hydrogen (secondary N) is 1. The number of carbonyl (C=O) groups excluding carboxylic acids is 1. The minimum Gasteiger partial charge on any atom is -0.349 e. The van der Waals surface area contributed by atoms with Gasteiger partial charge in [-0.3, -0.25) is 9.48 Å². The first-order valence-corrected chi connectivity index (χ1v) is 6.01. The quantitative estimate of drug-likeness (QED) is 0.768. The molecular weight excluding hydrogens is 254 g/mol. The molecule has 0 aliphatic rings. The topological polar surface area (TPSA) is 85.8 Å². The Kier molecular flexibility index (Phi) is 7.54. The van der Waals surface area contributed by atoms with Crippen molar-refractivity contribution in [1.29, 1.82) is 0 Å². The molecule has 6 nitrogen and oxygen atoms in total. The average molecular weight is 276 g/mol. The molecule has 1 aromatic rings. The SMILES string of the molecule is CCC(CC)(CN)NC(=O)CCn1ccnn1.Cl. The molecule has 1 aromatic heterocycles. The van der Waals surface area contributed by atoms with Gasteiger partial charge in [0, 0.05) is 19.2 Å². The first-order chi connectivity index (χ1) is 8.15. The first kappa shape index (κ1) is 16.9. The van der Waals surface area contributed by atoms with E-state index in [-0.39, 0.29) is 23.9 Å². The lowest BCUT2D eigenvalue weighted by Gasteiger charge is -2.31. The number of hydrogen-bond donors (Lipinski definition) is 2. The predicted molar refractivity (Wildman–Crippen MR) is 72.4 cm³/mol. The zero-order chi connectivity index (χ0) is 12.7. The smallest absolute Gasteiger partial charge is 0.222 e. The molecular formula is C11H22ClN5O. The molecule has 0 aliphatic carbocycles. The lowest BCUT2D eigenvalue weighted by atomic mass is 9.93. The highest BCUT2D eigenvalue weighted by Gasteiger charge is 2.25. The largest absolute Gasteiger partial charge is 0.349 e. The van der Waals surface area contributed by atoms with Gasteiger partial charge in [0.25, 0.3) is 0 Å². The van der Waals surface area contributed by atoms with Gasteiger partial charge in [0.2, 0.25) is 5.91 Å². The maximum Gasteiger partial charge on any atom is 0.222 e. The van der Waals surface area contributed by atoms with Crippen molar-refractivity contribution in [1.82, 2.24) is 20.3 Å². The summed E-state index contributed by atoms with van der Waals surface area (Å²) in [5.41, 5.74) is 5.46. The van der Waals surface area contributed by atoms with E-state index in [0.29, 0.717) is 19.5 Å². The molecule has 0 saturated heterocycles.